The fraction of sp³-hybridized carbons (Fsp3) is 0.562. The van der Waals surface area contributed by atoms with Crippen LogP contribution in [-0.2, 0) is 10.3 Å². The van der Waals surface area contributed by atoms with E-state index in [1.807, 2.05) is 30.3 Å². The monoisotopic (exact) mass is 274 g/mol. The van der Waals surface area contributed by atoms with Gasteiger partial charge in [0.2, 0.25) is 0 Å². The van der Waals surface area contributed by atoms with Gasteiger partial charge >= 0.3 is 5.97 Å². The summed E-state index contributed by atoms with van der Waals surface area (Å²) in [5.74, 6) is -0.762. The molecule has 2 aliphatic rings. The van der Waals surface area contributed by atoms with Gasteiger partial charge in [0.05, 0.1) is 0 Å². The predicted octanol–water partition coefficient (Wildman–Crippen LogP) is 1.81. The number of likely N-dealkylation sites (tertiary alicyclic amines) is 1. The van der Waals surface area contributed by atoms with Gasteiger partial charge < -0.3 is 10.0 Å². The molecule has 1 aromatic rings. The molecule has 1 heterocycles. The second-order valence-electron chi connectivity index (χ2n) is 5.98. The van der Waals surface area contributed by atoms with E-state index in [4.69, 9.17) is 0 Å². The molecule has 1 aliphatic heterocycles. The van der Waals surface area contributed by atoms with Gasteiger partial charge in [0.15, 0.2) is 5.54 Å². The van der Waals surface area contributed by atoms with E-state index in [9.17, 15) is 9.90 Å². The average molecular weight is 274 g/mol. The highest BCUT2D eigenvalue weighted by atomic mass is 16.4. The zero-order valence-electron chi connectivity index (χ0n) is 11.7. The molecule has 4 heteroatoms. The van der Waals surface area contributed by atoms with Gasteiger partial charge in [-0.1, -0.05) is 30.3 Å². The van der Waals surface area contributed by atoms with Crippen molar-refractivity contribution < 1.29 is 9.90 Å². The summed E-state index contributed by atoms with van der Waals surface area (Å²) >= 11 is 0. The highest BCUT2D eigenvalue weighted by molar-refractivity contribution is 5.81. The lowest BCUT2D eigenvalue weighted by molar-refractivity contribution is -0.146. The number of carboxylic acid groups (broad SMARTS) is 1. The highest BCUT2D eigenvalue weighted by Gasteiger charge is 2.45. The SMILES string of the molecule is O=C(O)C(CN1CCCC1)(NC1CC1)c1ccccc1. The Hall–Kier alpha value is -1.39. The standard InChI is InChI=1S/C16H22N2O2/c19-15(20)16(17-14-8-9-14,12-18-10-4-5-11-18)13-6-2-1-3-7-13/h1-3,6-7,14,17H,4-5,8-12H2,(H,19,20). The van der Waals surface area contributed by atoms with Crippen LogP contribution in [0.1, 0.15) is 31.2 Å². The number of hydrogen-bond donors (Lipinski definition) is 2. The molecule has 2 N–H and O–H groups in total. The lowest BCUT2D eigenvalue weighted by Gasteiger charge is -2.35. The number of benzene rings is 1. The molecule has 20 heavy (non-hydrogen) atoms. The number of hydrogen-bond acceptors (Lipinski definition) is 3. The lowest BCUT2D eigenvalue weighted by atomic mass is 9.89. The average Bonchev–Trinajstić information content (AvgIpc) is 3.12. The van der Waals surface area contributed by atoms with Gasteiger partial charge in [-0.05, 0) is 44.3 Å². The third-order valence-corrected chi connectivity index (χ3v) is 4.32. The first-order valence-electron chi connectivity index (χ1n) is 7.50. The molecule has 3 rings (SSSR count). The molecule has 108 valence electrons. The molecule has 0 spiro atoms. The first-order valence-corrected chi connectivity index (χ1v) is 7.50. The molecule has 1 aliphatic carbocycles. The fourth-order valence-electron chi connectivity index (χ4n) is 3.05. The van der Waals surface area contributed by atoms with E-state index < -0.39 is 11.5 Å². The topological polar surface area (TPSA) is 52.6 Å². The van der Waals surface area contributed by atoms with Crippen LogP contribution in [0, 0.1) is 0 Å². The van der Waals surface area contributed by atoms with Crippen molar-refractivity contribution in [1.29, 1.82) is 0 Å². The smallest absolute Gasteiger partial charge is 0.329 e. The molecule has 1 saturated heterocycles. The van der Waals surface area contributed by atoms with Crippen molar-refractivity contribution in [2.24, 2.45) is 0 Å². The maximum absolute atomic E-state index is 12.1. The van der Waals surface area contributed by atoms with E-state index in [2.05, 4.69) is 10.2 Å². The van der Waals surface area contributed by atoms with Crippen molar-refractivity contribution in [2.45, 2.75) is 37.3 Å². The Labute approximate surface area is 119 Å². The zero-order valence-corrected chi connectivity index (χ0v) is 11.7. The van der Waals surface area contributed by atoms with Crippen LogP contribution in [0.2, 0.25) is 0 Å². The maximum atomic E-state index is 12.1. The van der Waals surface area contributed by atoms with Gasteiger partial charge in [-0.25, -0.2) is 4.79 Å². The Morgan fingerprint density at radius 1 is 1.25 bits per heavy atom. The number of carboxylic acids is 1. The van der Waals surface area contributed by atoms with Gasteiger partial charge in [-0.2, -0.15) is 0 Å². The summed E-state index contributed by atoms with van der Waals surface area (Å²) in [4.78, 5) is 14.4. The van der Waals surface area contributed by atoms with Gasteiger partial charge in [-0.3, -0.25) is 5.32 Å². The van der Waals surface area contributed by atoms with Crippen molar-refractivity contribution >= 4 is 5.97 Å². The predicted molar refractivity (Wildman–Crippen MR) is 77.6 cm³/mol. The summed E-state index contributed by atoms with van der Waals surface area (Å²) in [5.41, 5.74) is -0.0986. The molecular formula is C16H22N2O2. The Morgan fingerprint density at radius 3 is 2.45 bits per heavy atom. The van der Waals surface area contributed by atoms with E-state index in [1.54, 1.807) is 0 Å². The molecule has 1 aromatic carbocycles. The van der Waals surface area contributed by atoms with Crippen molar-refractivity contribution in [1.82, 2.24) is 10.2 Å². The van der Waals surface area contributed by atoms with Crippen LogP contribution < -0.4 is 5.32 Å². The minimum Gasteiger partial charge on any atom is -0.480 e. The van der Waals surface area contributed by atoms with E-state index in [0.717, 1.165) is 31.5 Å². The minimum absolute atomic E-state index is 0.355. The van der Waals surface area contributed by atoms with Gasteiger partial charge in [0.25, 0.3) is 0 Å². The Bertz CT molecular complexity index is 467. The molecule has 0 aromatic heterocycles. The van der Waals surface area contributed by atoms with E-state index in [-0.39, 0.29) is 0 Å². The summed E-state index contributed by atoms with van der Waals surface area (Å²) in [6.07, 6.45) is 4.52. The summed E-state index contributed by atoms with van der Waals surface area (Å²) in [5, 5.41) is 13.3. The zero-order chi connectivity index (χ0) is 14.0. The summed E-state index contributed by atoms with van der Waals surface area (Å²) in [6, 6.07) is 9.99. The van der Waals surface area contributed by atoms with Crippen LogP contribution in [-0.4, -0.2) is 41.7 Å². The molecule has 4 nitrogen and oxygen atoms in total. The number of rotatable bonds is 6. The van der Waals surface area contributed by atoms with Crippen LogP contribution in [0.3, 0.4) is 0 Å². The quantitative estimate of drug-likeness (QED) is 0.831. The fourth-order valence-corrected chi connectivity index (χ4v) is 3.05. The molecule has 0 radical (unpaired) electrons. The van der Waals surface area contributed by atoms with Gasteiger partial charge in [0.1, 0.15) is 0 Å². The second kappa shape index (κ2) is 5.54. The second-order valence-corrected chi connectivity index (χ2v) is 5.98. The van der Waals surface area contributed by atoms with Crippen LogP contribution in [0.15, 0.2) is 30.3 Å². The first-order chi connectivity index (χ1) is 9.71. The molecule has 0 bridgehead atoms. The Kier molecular flexibility index (Phi) is 3.76. The van der Waals surface area contributed by atoms with Crippen LogP contribution >= 0.6 is 0 Å². The van der Waals surface area contributed by atoms with Crippen molar-refractivity contribution in [3.8, 4) is 0 Å². The van der Waals surface area contributed by atoms with E-state index >= 15 is 0 Å². The number of nitrogens with one attached hydrogen (secondary N) is 1. The van der Waals surface area contributed by atoms with Gasteiger partial charge in [-0.15, -0.1) is 0 Å². The Morgan fingerprint density at radius 2 is 1.90 bits per heavy atom. The summed E-state index contributed by atoms with van der Waals surface area (Å²) < 4.78 is 0. The normalized spacial score (nSPS) is 22.6. The molecule has 1 atom stereocenters. The Balaban J connectivity index is 1.91. The van der Waals surface area contributed by atoms with Crippen LogP contribution in [0.5, 0.6) is 0 Å². The molecule has 2 fully saturated rings. The summed E-state index contributed by atoms with van der Waals surface area (Å²) in [7, 11) is 0. The molecule has 1 saturated carbocycles. The van der Waals surface area contributed by atoms with Crippen LogP contribution in [0.25, 0.3) is 0 Å². The number of aliphatic carboxylic acids is 1. The van der Waals surface area contributed by atoms with Crippen LogP contribution in [0.4, 0.5) is 0 Å². The third-order valence-electron chi connectivity index (χ3n) is 4.32. The van der Waals surface area contributed by atoms with E-state index in [1.165, 1.54) is 12.8 Å². The minimum atomic E-state index is -0.966. The summed E-state index contributed by atoms with van der Waals surface area (Å²) in [6.45, 7) is 2.57. The van der Waals surface area contributed by atoms with Crippen molar-refractivity contribution in [2.75, 3.05) is 19.6 Å². The largest absolute Gasteiger partial charge is 0.480 e. The maximum Gasteiger partial charge on any atom is 0.329 e. The first kappa shape index (κ1) is 13.6. The highest BCUT2D eigenvalue weighted by Crippen LogP contribution is 2.31. The number of carbonyl (C=O) groups is 1. The molecular weight excluding hydrogens is 252 g/mol. The molecule has 1 unspecified atom stereocenters. The molecule has 0 amide bonds. The van der Waals surface area contributed by atoms with Gasteiger partial charge in [0, 0.05) is 12.6 Å². The van der Waals surface area contributed by atoms with Crippen molar-refractivity contribution in [3.63, 3.8) is 0 Å². The lowest BCUT2D eigenvalue weighted by Crippen LogP contribution is -2.56. The van der Waals surface area contributed by atoms with E-state index in [0.29, 0.717) is 12.6 Å². The van der Waals surface area contributed by atoms with Crippen molar-refractivity contribution in [3.05, 3.63) is 35.9 Å². The number of nitrogens with zero attached hydrogens (tertiary/aromatic N) is 1. The third kappa shape index (κ3) is 2.72.